The van der Waals surface area contributed by atoms with Crippen LogP contribution in [0.3, 0.4) is 0 Å². The summed E-state index contributed by atoms with van der Waals surface area (Å²) >= 11 is 6.11. The van der Waals surface area contributed by atoms with Gasteiger partial charge in [-0.3, -0.25) is 24.1 Å². The molecule has 3 amide bonds. The number of likely N-dealkylation sites (tertiary alicyclic amines) is 1. The molecule has 1 fully saturated rings. The number of anilines is 1. The van der Waals surface area contributed by atoms with Gasteiger partial charge >= 0.3 is 6.17 Å². The molecule has 2 aliphatic rings. The molecule has 3 atom stereocenters. The van der Waals surface area contributed by atoms with E-state index in [4.69, 9.17) is 18.2 Å². The molecule has 0 unspecified atom stereocenters. The molecule has 1 spiro atoms. The molecule has 0 aromatic heterocycles. The van der Waals surface area contributed by atoms with E-state index in [1.54, 1.807) is 6.07 Å². The van der Waals surface area contributed by atoms with Gasteiger partial charge in [0.2, 0.25) is 5.91 Å². The number of rotatable bonds is 5. The van der Waals surface area contributed by atoms with Crippen molar-refractivity contribution in [1.82, 2.24) is 9.80 Å². The van der Waals surface area contributed by atoms with E-state index in [9.17, 15) is 18.8 Å². The van der Waals surface area contributed by atoms with Crippen molar-refractivity contribution in [2.45, 2.75) is 44.3 Å². The van der Waals surface area contributed by atoms with Crippen molar-refractivity contribution >= 4 is 35.0 Å². The standard InChI is InChI=1S/C26H26ClFN4O3/c1-15(2)11-21(31(4)23(33)17-10-9-16(28)12-19(17)27)24(34)32-14-26(13-22(32)29-3)18-7-5-6-8-20(18)30-25(26)35/h5-10,12,15,21-22H,11,13-14H2,1-2,4H3,(H,30,35)/t21-,22-,26-/m0/s1. The molecule has 1 N–H and O–H groups in total. The Morgan fingerprint density at radius 2 is 2.03 bits per heavy atom. The van der Waals surface area contributed by atoms with Gasteiger partial charge in [0, 0.05) is 19.3 Å². The molecule has 7 nitrogen and oxygen atoms in total. The van der Waals surface area contributed by atoms with Crippen molar-refractivity contribution in [1.29, 1.82) is 0 Å². The van der Waals surface area contributed by atoms with Gasteiger partial charge in [-0.05, 0) is 42.2 Å². The number of hydrogen-bond donors (Lipinski definition) is 1. The highest BCUT2D eigenvalue weighted by Gasteiger charge is 2.59. The summed E-state index contributed by atoms with van der Waals surface area (Å²) in [5.41, 5.74) is 0.539. The minimum atomic E-state index is -1.01. The lowest BCUT2D eigenvalue weighted by Crippen LogP contribution is -2.51. The molecular formula is C26H26ClFN4O3. The van der Waals surface area contributed by atoms with Crippen molar-refractivity contribution in [3.8, 4) is 0 Å². The van der Waals surface area contributed by atoms with Crippen LogP contribution >= 0.6 is 11.6 Å². The van der Waals surface area contributed by atoms with E-state index >= 15 is 0 Å². The normalized spacial score (nSPS) is 21.6. The van der Waals surface area contributed by atoms with E-state index in [1.807, 2.05) is 32.0 Å². The van der Waals surface area contributed by atoms with Crippen LogP contribution in [0.2, 0.25) is 5.02 Å². The first kappa shape index (κ1) is 24.7. The second-order valence-corrected chi connectivity index (χ2v) is 9.95. The van der Waals surface area contributed by atoms with Crippen LogP contribution in [0.15, 0.2) is 42.5 Å². The molecule has 0 radical (unpaired) electrons. The van der Waals surface area contributed by atoms with Crippen molar-refractivity contribution in [2.75, 3.05) is 18.9 Å². The maximum absolute atomic E-state index is 13.9. The third-order valence-corrected chi connectivity index (χ3v) is 7.13. The molecule has 2 heterocycles. The smallest absolute Gasteiger partial charge is 0.302 e. The minimum absolute atomic E-state index is 0.0454. The maximum Gasteiger partial charge on any atom is 0.302 e. The van der Waals surface area contributed by atoms with Gasteiger partial charge < -0.3 is 10.2 Å². The van der Waals surface area contributed by atoms with Crippen LogP contribution in [0.25, 0.3) is 4.85 Å². The SMILES string of the molecule is [C-]#[N+][C@@H]1C[C@@]2(CN1C(=O)[C@H](CC(C)C)N(C)C(=O)c1ccc(F)cc1Cl)C(=O)Nc1ccccc12. The Hall–Kier alpha value is -3.44. The number of nitrogens with one attached hydrogen (secondary N) is 1. The van der Waals surface area contributed by atoms with Crippen LogP contribution in [0.1, 0.15) is 42.6 Å². The zero-order chi connectivity index (χ0) is 25.5. The summed E-state index contributed by atoms with van der Waals surface area (Å²) < 4.78 is 13.5. The lowest BCUT2D eigenvalue weighted by Gasteiger charge is -2.32. The summed E-state index contributed by atoms with van der Waals surface area (Å²) in [4.78, 5) is 46.6. The van der Waals surface area contributed by atoms with Gasteiger partial charge in [0.05, 0.1) is 17.0 Å². The second kappa shape index (κ2) is 9.31. The van der Waals surface area contributed by atoms with Gasteiger partial charge in [-0.15, -0.1) is 0 Å². The number of fused-ring (bicyclic) bond motifs is 2. The van der Waals surface area contributed by atoms with E-state index in [2.05, 4.69) is 10.2 Å². The average Bonchev–Trinajstić information content (AvgIpc) is 3.34. The van der Waals surface area contributed by atoms with Gasteiger partial charge in [-0.1, -0.05) is 43.6 Å². The molecule has 9 heteroatoms. The molecule has 0 saturated carbocycles. The summed E-state index contributed by atoms with van der Waals surface area (Å²) in [6, 6.07) is 9.90. The quantitative estimate of drug-likeness (QED) is 0.626. The fraction of sp³-hybridized carbons (Fsp3) is 0.385. The summed E-state index contributed by atoms with van der Waals surface area (Å²) in [6.07, 6.45) is -0.315. The predicted octanol–water partition coefficient (Wildman–Crippen LogP) is 4.33. The van der Waals surface area contributed by atoms with E-state index in [1.165, 1.54) is 22.9 Å². The van der Waals surface area contributed by atoms with Crippen LogP contribution in [0.5, 0.6) is 0 Å². The highest BCUT2D eigenvalue weighted by atomic mass is 35.5. The number of para-hydroxylation sites is 1. The third-order valence-electron chi connectivity index (χ3n) is 6.82. The highest BCUT2D eigenvalue weighted by Crippen LogP contribution is 2.47. The molecule has 0 bridgehead atoms. The Morgan fingerprint density at radius 1 is 1.31 bits per heavy atom. The van der Waals surface area contributed by atoms with Gasteiger partial charge in [0.15, 0.2) is 0 Å². The predicted molar refractivity (Wildman–Crippen MR) is 130 cm³/mol. The lowest BCUT2D eigenvalue weighted by molar-refractivity contribution is -0.136. The van der Waals surface area contributed by atoms with Crippen LogP contribution in [0, 0.1) is 18.3 Å². The number of benzene rings is 2. The topological polar surface area (TPSA) is 74.1 Å². The summed E-state index contributed by atoms with van der Waals surface area (Å²) in [5, 5.41) is 2.83. The van der Waals surface area contributed by atoms with Crippen LogP contribution in [-0.4, -0.2) is 53.3 Å². The summed E-state index contributed by atoms with van der Waals surface area (Å²) in [5.74, 6) is -1.66. The Morgan fingerprint density at radius 3 is 2.69 bits per heavy atom. The van der Waals surface area contributed by atoms with Crippen molar-refractivity contribution in [3.05, 3.63) is 75.8 Å². The number of halogens is 2. The Bertz CT molecular complexity index is 1240. The van der Waals surface area contributed by atoms with Gasteiger partial charge in [-0.25, -0.2) is 11.0 Å². The second-order valence-electron chi connectivity index (χ2n) is 9.55. The summed E-state index contributed by atoms with van der Waals surface area (Å²) in [7, 11) is 1.50. The van der Waals surface area contributed by atoms with E-state index < -0.39 is 35.3 Å². The molecular weight excluding hydrogens is 471 g/mol. The van der Waals surface area contributed by atoms with Crippen molar-refractivity contribution < 1.29 is 18.8 Å². The largest absolute Gasteiger partial charge is 0.330 e. The van der Waals surface area contributed by atoms with E-state index in [0.29, 0.717) is 12.1 Å². The average molecular weight is 497 g/mol. The fourth-order valence-corrected chi connectivity index (χ4v) is 5.26. The third kappa shape index (κ3) is 4.25. The number of carbonyl (C=O) groups excluding carboxylic acids is 3. The van der Waals surface area contributed by atoms with Crippen LogP contribution in [0.4, 0.5) is 10.1 Å². The zero-order valence-corrected chi connectivity index (χ0v) is 20.5. The number of nitrogens with zero attached hydrogens (tertiary/aromatic N) is 3. The zero-order valence-electron chi connectivity index (χ0n) is 19.7. The fourth-order valence-electron chi connectivity index (χ4n) is 5.01. The first-order valence-corrected chi connectivity index (χ1v) is 11.8. The minimum Gasteiger partial charge on any atom is -0.330 e. The number of carbonyl (C=O) groups is 3. The van der Waals surface area contributed by atoms with E-state index in [-0.39, 0.29) is 35.4 Å². The van der Waals surface area contributed by atoms with Gasteiger partial charge in [0.1, 0.15) is 17.3 Å². The summed E-state index contributed by atoms with van der Waals surface area (Å²) in [6.45, 7) is 11.7. The Kier molecular flexibility index (Phi) is 6.56. The molecule has 0 aliphatic carbocycles. The number of amides is 3. The number of likely N-dealkylation sites (N-methyl/N-ethyl adjacent to an activating group) is 1. The maximum atomic E-state index is 13.9. The molecule has 2 aliphatic heterocycles. The van der Waals surface area contributed by atoms with E-state index in [0.717, 1.165) is 17.7 Å². The highest BCUT2D eigenvalue weighted by molar-refractivity contribution is 6.33. The molecule has 35 heavy (non-hydrogen) atoms. The molecule has 2 aromatic rings. The van der Waals surface area contributed by atoms with Crippen molar-refractivity contribution in [3.63, 3.8) is 0 Å². The van der Waals surface area contributed by atoms with Crippen molar-refractivity contribution in [2.24, 2.45) is 5.92 Å². The first-order chi connectivity index (χ1) is 16.6. The molecule has 182 valence electrons. The van der Waals surface area contributed by atoms with Gasteiger partial charge in [-0.2, -0.15) is 0 Å². The number of hydrogen-bond acceptors (Lipinski definition) is 3. The molecule has 4 rings (SSSR count). The molecule has 2 aromatic carbocycles. The monoisotopic (exact) mass is 496 g/mol. The Balaban J connectivity index is 1.67. The lowest BCUT2D eigenvalue weighted by atomic mass is 9.80. The van der Waals surface area contributed by atoms with Crippen LogP contribution < -0.4 is 5.32 Å². The van der Waals surface area contributed by atoms with Gasteiger partial charge in [0.25, 0.3) is 11.8 Å². The molecule has 1 saturated heterocycles. The Labute approximate surface area is 208 Å². The first-order valence-electron chi connectivity index (χ1n) is 11.4. The van der Waals surface area contributed by atoms with Crippen LogP contribution in [-0.2, 0) is 15.0 Å².